The van der Waals surface area contributed by atoms with Crippen LogP contribution in [0.15, 0.2) is 24.3 Å². The maximum atomic E-state index is 12.7. The van der Waals surface area contributed by atoms with Crippen molar-refractivity contribution in [2.45, 2.75) is 25.8 Å². The van der Waals surface area contributed by atoms with Gasteiger partial charge in [0.1, 0.15) is 5.82 Å². The van der Waals surface area contributed by atoms with Gasteiger partial charge in [0.25, 0.3) is 0 Å². The quantitative estimate of drug-likeness (QED) is 0.736. The molecular formula is C13H18FNO3. The van der Waals surface area contributed by atoms with Crippen molar-refractivity contribution < 1.29 is 19.4 Å². The van der Waals surface area contributed by atoms with E-state index >= 15 is 0 Å². The first-order chi connectivity index (χ1) is 8.63. The summed E-state index contributed by atoms with van der Waals surface area (Å²) in [6.45, 7) is 0.812. The molecule has 4 nitrogen and oxygen atoms in total. The van der Waals surface area contributed by atoms with Gasteiger partial charge < -0.3 is 15.1 Å². The van der Waals surface area contributed by atoms with Gasteiger partial charge >= 0.3 is 6.09 Å². The Kier molecular flexibility index (Phi) is 6.14. The van der Waals surface area contributed by atoms with Gasteiger partial charge in [-0.3, -0.25) is 0 Å². The molecule has 0 aromatic heterocycles. The molecule has 1 amide bonds. The Morgan fingerprint density at radius 2 is 1.83 bits per heavy atom. The van der Waals surface area contributed by atoms with Crippen LogP contribution in [0.4, 0.5) is 9.18 Å². The molecule has 5 heteroatoms. The zero-order valence-electron chi connectivity index (χ0n) is 10.2. The van der Waals surface area contributed by atoms with Crippen LogP contribution in [-0.2, 0) is 6.54 Å². The van der Waals surface area contributed by atoms with Gasteiger partial charge in [0.2, 0.25) is 0 Å². The third-order valence-corrected chi connectivity index (χ3v) is 2.64. The molecule has 0 heterocycles. The lowest BCUT2D eigenvalue weighted by Gasteiger charge is -2.19. The van der Waals surface area contributed by atoms with Gasteiger partial charge in [0.15, 0.2) is 0 Å². The molecule has 1 aromatic rings. The summed E-state index contributed by atoms with van der Waals surface area (Å²) >= 11 is 0. The fourth-order valence-corrected chi connectivity index (χ4v) is 1.64. The lowest BCUT2D eigenvalue weighted by Crippen LogP contribution is -2.29. The number of carboxylic acid groups (broad SMARTS) is 1. The molecule has 0 radical (unpaired) electrons. The van der Waals surface area contributed by atoms with Crippen molar-refractivity contribution in [3.63, 3.8) is 0 Å². The molecule has 0 bridgehead atoms. The minimum atomic E-state index is -0.983. The molecule has 100 valence electrons. The number of nitrogens with zero attached hydrogens (tertiary/aromatic N) is 1. The van der Waals surface area contributed by atoms with Crippen molar-refractivity contribution in [2.75, 3.05) is 13.2 Å². The summed E-state index contributed by atoms with van der Waals surface area (Å²) < 4.78 is 12.7. The molecule has 0 spiro atoms. The molecule has 0 fully saturated rings. The van der Waals surface area contributed by atoms with Crippen molar-refractivity contribution in [1.29, 1.82) is 0 Å². The van der Waals surface area contributed by atoms with E-state index in [1.165, 1.54) is 17.0 Å². The Bertz CT molecular complexity index is 367. The van der Waals surface area contributed by atoms with Crippen LogP contribution < -0.4 is 0 Å². The van der Waals surface area contributed by atoms with E-state index in [0.29, 0.717) is 19.4 Å². The topological polar surface area (TPSA) is 60.8 Å². The summed E-state index contributed by atoms with van der Waals surface area (Å²) in [6, 6.07) is 5.81. The highest BCUT2D eigenvalue weighted by Crippen LogP contribution is 2.08. The third kappa shape index (κ3) is 5.14. The first-order valence-corrected chi connectivity index (χ1v) is 5.96. The van der Waals surface area contributed by atoms with E-state index in [2.05, 4.69) is 0 Å². The molecule has 0 saturated heterocycles. The summed E-state index contributed by atoms with van der Waals surface area (Å²) in [6.07, 6.45) is 1.21. The molecule has 18 heavy (non-hydrogen) atoms. The predicted molar refractivity (Wildman–Crippen MR) is 65.8 cm³/mol. The maximum absolute atomic E-state index is 12.7. The normalized spacial score (nSPS) is 10.3. The number of benzene rings is 1. The Balaban J connectivity index is 2.47. The van der Waals surface area contributed by atoms with Crippen molar-refractivity contribution in [3.05, 3.63) is 35.6 Å². The summed E-state index contributed by atoms with van der Waals surface area (Å²) in [4.78, 5) is 12.3. The molecule has 0 aliphatic heterocycles. The molecule has 1 aromatic carbocycles. The van der Waals surface area contributed by atoms with Crippen LogP contribution >= 0.6 is 0 Å². The van der Waals surface area contributed by atoms with Crippen molar-refractivity contribution in [1.82, 2.24) is 4.90 Å². The average molecular weight is 255 g/mol. The molecule has 0 atom stereocenters. The second-order valence-electron chi connectivity index (χ2n) is 4.11. The largest absolute Gasteiger partial charge is 0.465 e. The van der Waals surface area contributed by atoms with Gasteiger partial charge in [-0.05, 0) is 37.0 Å². The molecular weight excluding hydrogens is 237 g/mol. The van der Waals surface area contributed by atoms with Crippen molar-refractivity contribution >= 4 is 6.09 Å². The van der Waals surface area contributed by atoms with Gasteiger partial charge in [0, 0.05) is 19.7 Å². The number of hydrogen-bond donors (Lipinski definition) is 2. The summed E-state index contributed by atoms with van der Waals surface area (Å²) in [7, 11) is 0. The second kappa shape index (κ2) is 7.66. The van der Waals surface area contributed by atoms with Crippen LogP contribution in [0.2, 0.25) is 0 Å². The first-order valence-electron chi connectivity index (χ1n) is 5.96. The van der Waals surface area contributed by atoms with Crippen LogP contribution in [0.1, 0.15) is 24.8 Å². The van der Waals surface area contributed by atoms with E-state index in [-0.39, 0.29) is 19.0 Å². The Hall–Kier alpha value is -1.62. The van der Waals surface area contributed by atoms with E-state index in [1.807, 2.05) is 0 Å². The van der Waals surface area contributed by atoms with Gasteiger partial charge in [0.05, 0.1) is 0 Å². The fraction of sp³-hybridized carbons (Fsp3) is 0.462. The Morgan fingerprint density at radius 3 is 2.39 bits per heavy atom. The van der Waals surface area contributed by atoms with Gasteiger partial charge in [-0.1, -0.05) is 12.1 Å². The number of hydrogen-bond acceptors (Lipinski definition) is 2. The van der Waals surface area contributed by atoms with E-state index in [0.717, 1.165) is 12.0 Å². The number of aliphatic hydroxyl groups excluding tert-OH is 1. The molecule has 0 aliphatic carbocycles. The summed E-state index contributed by atoms with van der Waals surface area (Å²) in [5.74, 6) is -0.330. The number of aliphatic hydroxyl groups is 1. The Labute approximate surface area is 106 Å². The zero-order chi connectivity index (χ0) is 13.4. The molecule has 0 aliphatic rings. The standard InChI is InChI=1S/C13H18FNO3/c14-12-6-4-11(5-7-12)10-15(13(17)18)8-2-1-3-9-16/h4-7,16H,1-3,8-10H2,(H,17,18). The lowest BCUT2D eigenvalue weighted by atomic mass is 10.2. The highest BCUT2D eigenvalue weighted by Gasteiger charge is 2.11. The van der Waals surface area contributed by atoms with E-state index in [9.17, 15) is 9.18 Å². The van der Waals surface area contributed by atoms with Crippen molar-refractivity contribution in [3.8, 4) is 0 Å². The third-order valence-electron chi connectivity index (χ3n) is 2.64. The van der Waals surface area contributed by atoms with E-state index in [1.54, 1.807) is 12.1 Å². The first kappa shape index (κ1) is 14.4. The second-order valence-corrected chi connectivity index (χ2v) is 4.11. The number of unbranched alkanes of at least 4 members (excludes halogenated alkanes) is 2. The molecule has 2 N–H and O–H groups in total. The number of amides is 1. The van der Waals surface area contributed by atoms with Crippen LogP contribution in [0.5, 0.6) is 0 Å². The highest BCUT2D eigenvalue weighted by molar-refractivity contribution is 5.64. The molecule has 0 unspecified atom stereocenters. The monoisotopic (exact) mass is 255 g/mol. The number of halogens is 1. The van der Waals surface area contributed by atoms with E-state index < -0.39 is 6.09 Å². The molecule has 0 saturated carbocycles. The van der Waals surface area contributed by atoms with Crippen LogP contribution in [-0.4, -0.2) is 34.4 Å². The zero-order valence-corrected chi connectivity index (χ0v) is 10.2. The van der Waals surface area contributed by atoms with E-state index in [4.69, 9.17) is 10.2 Å². The number of rotatable bonds is 7. The minimum Gasteiger partial charge on any atom is -0.465 e. The maximum Gasteiger partial charge on any atom is 0.407 e. The fourth-order valence-electron chi connectivity index (χ4n) is 1.64. The smallest absolute Gasteiger partial charge is 0.407 e. The van der Waals surface area contributed by atoms with Crippen LogP contribution in [0.25, 0.3) is 0 Å². The lowest BCUT2D eigenvalue weighted by molar-refractivity contribution is 0.141. The van der Waals surface area contributed by atoms with Gasteiger partial charge in [-0.15, -0.1) is 0 Å². The Morgan fingerprint density at radius 1 is 1.17 bits per heavy atom. The van der Waals surface area contributed by atoms with Crippen LogP contribution in [0.3, 0.4) is 0 Å². The summed E-state index contributed by atoms with van der Waals surface area (Å²) in [5, 5.41) is 17.7. The minimum absolute atomic E-state index is 0.130. The van der Waals surface area contributed by atoms with Crippen LogP contribution in [0, 0.1) is 5.82 Å². The van der Waals surface area contributed by atoms with Gasteiger partial charge in [-0.25, -0.2) is 9.18 Å². The summed E-state index contributed by atoms with van der Waals surface area (Å²) in [5.41, 5.74) is 0.765. The molecule has 1 rings (SSSR count). The predicted octanol–water partition coefficient (Wildman–Crippen LogP) is 2.47. The van der Waals surface area contributed by atoms with Gasteiger partial charge in [-0.2, -0.15) is 0 Å². The van der Waals surface area contributed by atoms with Crippen molar-refractivity contribution in [2.24, 2.45) is 0 Å². The average Bonchev–Trinajstić information content (AvgIpc) is 2.35. The highest BCUT2D eigenvalue weighted by atomic mass is 19.1. The number of carbonyl (C=O) groups is 1. The SMILES string of the molecule is O=C(O)N(CCCCCO)Cc1ccc(F)cc1.